The highest BCUT2D eigenvalue weighted by Crippen LogP contribution is 2.33. The van der Waals surface area contributed by atoms with E-state index < -0.39 is 43.8 Å². The molecule has 0 unspecified atom stereocenters. The molecule has 1 fully saturated rings. The minimum absolute atomic E-state index is 0.0168. The van der Waals surface area contributed by atoms with Gasteiger partial charge in [-0.1, -0.05) is 18.2 Å². The van der Waals surface area contributed by atoms with E-state index in [-0.39, 0.29) is 62.6 Å². The summed E-state index contributed by atoms with van der Waals surface area (Å²) in [7, 11) is -7.74. The first-order valence-electron chi connectivity index (χ1n) is 13.1. The SMILES string of the molecule is Cc1cc(NS(=O)(=O)NCCCO)ccc1C=CS(=O)(=O)N1CCC2(CC1)N=C(c1cccc(OC(F)(F)F)c1)NC2=O. The standard InChI is InChI=1S/C26H30F3N5O7S2/c1-18-16-21(33-43(39,40)30-11-3-14-35)7-6-19(18)8-15-42(37,38)34-12-9-25(10-13-34)24(36)31-23(32-25)20-4-2-5-22(17-20)41-26(27,28)29/h2,4-8,15-17,30,33,35H,3,9-14H2,1H3,(H,31,32,36). The lowest BCUT2D eigenvalue weighted by Crippen LogP contribution is -2.50. The van der Waals surface area contributed by atoms with Crippen molar-refractivity contribution in [2.24, 2.45) is 4.99 Å². The number of benzene rings is 2. The number of amides is 1. The number of carbonyl (C=O) groups excluding carboxylic acids is 1. The molecule has 4 N–H and O–H groups in total. The van der Waals surface area contributed by atoms with Gasteiger partial charge in [-0.05, 0) is 67.7 Å². The van der Waals surface area contributed by atoms with E-state index in [1.54, 1.807) is 19.1 Å². The normalized spacial score (nSPS) is 17.7. The Labute approximate surface area is 246 Å². The second-order valence-corrected chi connectivity index (χ2v) is 13.2. The summed E-state index contributed by atoms with van der Waals surface area (Å²) >= 11 is 0. The number of nitrogens with one attached hydrogen (secondary N) is 3. The number of amidine groups is 1. The van der Waals surface area contributed by atoms with Gasteiger partial charge in [-0.25, -0.2) is 8.42 Å². The monoisotopic (exact) mass is 645 g/mol. The van der Waals surface area contributed by atoms with Crippen LogP contribution < -0.4 is 19.5 Å². The van der Waals surface area contributed by atoms with Crippen LogP contribution in [0.2, 0.25) is 0 Å². The molecule has 0 saturated carbocycles. The molecule has 2 aliphatic rings. The molecule has 2 heterocycles. The van der Waals surface area contributed by atoms with Crippen molar-refractivity contribution in [3.63, 3.8) is 0 Å². The van der Waals surface area contributed by atoms with Crippen molar-refractivity contribution in [3.8, 4) is 5.75 Å². The average molecular weight is 646 g/mol. The van der Waals surface area contributed by atoms with Crippen molar-refractivity contribution in [2.75, 3.05) is 31.0 Å². The average Bonchev–Trinajstić information content (AvgIpc) is 3.22. The van der Waals surface area contributed by atoms with Crippen LogP contribution in [0.3, 0.4) is 0 Å². The highest BCUT2D eigenvalue weighted by Gasteiger charge is 2.47. The molecule has 0 aliphatic carbocycles. The Morgan fingerprint density at radius 3 is 2.51 bits per heavy atom. The van der Waals surface area contributed by atoms with Crippen molar-refractivity contribution in [1.82, 2.24) is 14.3 Å². The molecular formula is C26H30F3N5O7S2. The number of anilines is 1. The van der Waals surface area contributed by atoms with Crippen LogP contribution in [0.4, 0.5) is 18.9 Å². The van der Waals surface area contributed by atoms with Crippen LogP contribution in [0.15, 0.2) is 52.9 Å². The number of sulfonamides is 1. The molecule has 2 aromatic carbocycles. The quantitative estimate of drug-likeness (QED) is 0.272. The highest BCUT2D eigenvalue weighted by molar-refractivity contribution is 7.92. The molecule has 17 heteroatoms. The van der Waals surface area contributed by atoms with Crippen molar-refractivity contribution in [3.05, 3.63) is 64.6 Å². The van der Waals surface area contributed by atoms with E-state index in [0.717, 1.165) is 17.5 Å². The van der Waals surface area contributed by atoms with E-state index in [1.807, 2.05) is 0 Å². The van der Waals surface area contributed by atoms with Crippen molar-refractivity contribution < 1.29 is 44.6 Å². The summed E-state index contributed by atoms with van der Waals surface area (Å²) in [6.07, 6.45) is -3.10. The second-order valence-electron chi connectivity index (χ2n) is 9.92. The van der Waals surface area contributed by atoms with E-state index in [9.17, 15) is 34.8 Å². The third-order valence-corrected chi connectivity index (χ3v) is 9.45. The molecule has 0 atom stereocenters. The van der Waals surface area contributed by atoms with Crippen LogP contribution >= 0.6 is 0 Å². The molecular weight excluding hydrogens is 615 g/mol. The van der Waals surface area contributed by atoms with Gasteiger partial charge in [0.15, 0.2) is 0 Å². The van der Waals surface area contributed by atoms with Gasteiger partial charge in [0.25, 0.3) is 16.1 Å². The Hall–Kier alpha value is -3.51. The number of aliphatic imine (C=N–C) groups is 1. The first-order chi connectivity index (χ1) is 20.1. The van der Waals surface area contributed by atoms with E-state index in [0.29, 0.717) is 11.1 Å². The maximum atomic E-state index is 13.1. The van der Waals surface area contributed by atoms with Gasteiger partial charge < -0.3 is 15.2 Å². The third-order valence-electron chi connectivity index (χ3n) is 6.80. The van der Waals surface area contributed by atoms with Gasteiger partial charge in [-0.2, -0.15) is 17.4 Å². The Kier molecular flexibility index (Phi) is 9.51. The second kappa shape index (κ2) is 12.6. The third kappa shape index (κ3) is 8.32. The number of aryl methyl sites for hydroxylation is 1. The number of hydrogen-bond donors (Lipinski definition) is 4. The van der Waals surface area contributed by atoms with Crippen molar-refractivity contribution in [1.29, 1.82) is 0 Å². The largest absolute Gasteiger partial charge is 0.573 e. The van der Waals surface area contributed by atoms with E-state index in [4.69, 9.17) is 5.11 Å². The number of halogens is 3. The minimum Gasteiger partial charge on any atom is -0.406 e. The molecule has 12 nitrogen and oxygen atoms in total. The number of hydrogen-bond acceptors (Lipinski definition) is 8. The number of carbonyl (C=O) groups is 1. The Morgan fingerprint density at radius 1 is 1.14 bits per heavy atom. The summed E-state index contributed by atoms with van der Waals surface area (Å²) in [6.45, 7) is 1.56. The molecule has 1 spiro atoms. The first kappa shape index (κ1) is 32.4. The van der Waals surface area contributed by atoms with Crippen LogP contribution in [0.25, 0.3) is 6.08 Å². The zero-order chi connectivity index (χ0) is 31.5. The zero-order valence-corrected chi connectivity index (χ0v) is 24.5. The van der Waals surface area contributed by atoms with Gasteiger partial charge in [0.2, 0.25) is 10.0 Å². The van der Waals surface area contributed by atoms with Crippen LogP contribution in [-0.4, -0.2) is 76.1 Å². The van der Waals surface area contributed by atoms with E-state index in [1.165, 1.54) is 28.6 Å². The van der Waals surface area contributed by atoms with Gasteiger partial charge in [0.1, 0.15) is 17.1 Å². The molecule has 1 saturated heterocycles. The van der Waals surface area contributed by atoms with Crippen LogP contribution in [-0.2, 0) is 25.0 Å². The summed E-state index contributed by atoms with van der Waals surface area (Å²) in [6, 6.07) is 9.63. The molecule has 0 bridgehead atoms. The van der Waals surface area contributed by atoms with Gasteiger partial charge in [0.05, 0.1) is 5.69 Å². The lowest BCUT2D eigenvalue weighted by Gasteiger charge is -2.34. The van der Waals surface area contributed by atoms with Crippen LogP contribution in [0.1, 0.15) is 36.0 Å². The maximum absolute atomic E-state index is 13.1. The molecule has 2 aliphatic heterocycles. The highest BCUT2D eigenvalue weighted by atomic mass is 32.2. The summed E-state index contributed by atoms with van der Waals surface area (Å²) in [5.41, 5.74) is 0.378. The van der Waals surface area contributed by atoms with Gasteiger partial charge in [-0.15, -0.1) is 13.2 Å². The fourth-order valence-electron chi connectivity index (χ4n) is 4.59. The topological polar surface area (TPSA) is 166 Å². The summed E-state index contributed by atoms with van der Waals surface area (Å²) in [5.74, 6) is -0.851. The number of aliphatic hydroxyl groups is 1. The molecule has 43 heavy (non-hydrogen) atoms. The number of ether oxygens (including phenoxy) is 1. The van der Waals surface area contributed by atoms with Crippen molar-refractivity contribution in [2.45, 2.75) is 38.1 Å². The molecule has 1 amide bonds. The number of nitrogens with zero attached hydrogens (tertiary/aromatic N) is 2. The first-order valence-corrected chi connectivity index (χ1v) is 16.0. The molecule has 2 aromatic rings. The lowest BCUT2D eigenvalue weighted by atomic mass is 9.89. The lowest BCUT2D eigenvalue weighted by molar-refractivity contribution is -0.274. The maximum Gasteiger partial charge on any atom is 0.573 e. The molecule has 0 radical (unpaired) electrons. The predicted molar refractivity (Wildman–Crippen MR) is 153 cm³/mol. The van der Waals surface area contributed by atoms with E-state index >= 15 is 0 Å². The number of rotatable bonds is 11. The zero-order valence-electron chi connectivity index (χ0n) is 22.9. The van der Waals surface area contributed by atoms with Gasteiger partial charge >= 0.3 is 6.36 Å². The Morgan fingerprint density at radius 2 is 1.86 bits per heavy atom. The fraction of sp³-hybridized carbons (Fsp3) is 0.385. The number of piperidine rings is 1. The van der Waals surface area contributed by atoms with Crippen LogP contribution in [0, 0.1) is 6.92 Å². The summed E-state index contributed by atoms with van der Waals surface area (Å²) in [4.78, 5) is 17.3. The minimum atomic E-state index is -4.88. The van der Waals surface area contributed by atoms with Gasteiger partial charge in [-0.3, -0.25) is 14.5 Å². The smallest absolute Gasteiger partial charge is 0.406 e. The summed E-state index contributed by atoms with van der Waals surface area (Å²) in [5, 5.41) is 12.4. The Bertz CT molecular complexity index is 1640. The molecule has 4 rings (SSSR count). The fourth-order valence-corrected chi connectivity index (χ4v) is 6.70. The molecule has 0 aromatic heterocycles. The van der Waals surface area contributed by atoms with Gasteiger partial charge in [0, 0.05) is 37.2 Å². The Balaban J connectivity index is 1.40. The summed E-state index contributed by atoms with van der Waals surface area (Å²) < 4.78 is 97.9. The molecule has 234 valence electrons. The number of alkyl halides is 3. The number of aliphatic hydroxyl groups excluding tert-OH is 1. The van der Waals surface area contributed by atoms with Crippen molar-refractivity contribution >= 4 is 43.7 Å². The van der Waals surface area contributed by atoms with E-state index in [2.05, 4.69) is 24.5 Å². The predicted octanol–water partition coefficient (Wildman–Crippen LogP) is 2.23. The van der Waals surface area contributed by atoms with Crippen LogP contribution in [0.5, 0.6) is 5.75 Å².